The van der Waals surface area contributed by atoms with E-state index in [0.29, 0.717) is 11.6 Å². The molecule has 160 valence electrons. The van der Waals surface area contributed by atoms with E-state index < -0.39 is 12.1 Å². The molecule has 0 saturated carbocycles. The summed E-state index contributed by atoms with van der Waals surface area (Å²) >= 11 is 0. The second kappa shape index (κ2) is 8.63. The van der Waals surface area contributed by atoms with Crippen molar-refractivity contribution in [3.63, 3.8) is 0 Å². The first-order valence-electron chi connectivity index (χ1n) is 10.5. The molecule has 0 spiro atoms. The molecule has 0 bridgehead atoms. The zero-order chi connectivity index (χ0) is 22.0. The molecule has 2 N–H and O–H groups in total. The Bertz CT molecular complexity index is 1120. The van der Waals surface area contributed by atoms with Gasteiger partial charge in [-0.25, -0.2) is 4.79 Å². The Kier molecular flexibility index (Phi) is 5.75. The molecule has 4 rings (SSSR count). The third kappa shape index (κ3) is 4.60. The maximum Gasteiger partial charge on any atom is 0.325 e. The molecule has 1 unspecified atom stereocenters. The summed E-state index contributed by atoms with van der Waals surface area (Å²) in [5, 5.41) is 6.50. The molecular formula is C24H26N4O3. The lowest BCUT2D eigenvalue weighted by Crippen LogP contribution is -2.34. The lowest BCUT2D eigenvalue weighted by Gasteiger charge is -2.13. The van der Waals surface area contributed by atoms with Crippen LogP contribution in [0.25, 0.3) is 10.9 Å². The third-order valence-corrected chi connectivity index (χ3v) is 5.30. The highest BCUT2D eigenvalue weighted by Gasteiger charge is 2.38. The summed E-state index contributed by atoms with van der Waals surface area (Å²) in [4.78, 5) is 38.5. The third-order valence-electron chi connectivity index (χ3n) is 5.30. The van der Waals surface area contributed by atoms with Gasteiger partial charge in [-0.05, 0) is 35.7 Å². The van der Waals surface area contributed by atoms with Crippen molar-refractivity contribution in [3.05, 3.63) is 66.4 Å². The number of aromatic nitrogens is 1. The number of urea groups is 1. The predicted molar refractivity (Wildman–Crippen MR) is 119 cm³/mol. The zero-order valence-corrected chi connectivity index (χ0v) is 17.7. The fourth-order valence-corrected chi connectivity index (χ4v) is 3.86. The highest BCUT2D eigenvalue weighted by molar-refractivity contribution is 6.07. The first kappa shape index (κ1) is 20.7. The number of carbonyl (C=O) groups is 3. The number of imide groups is 1. The molecule has 1 aliphatic rings. The van der Waals surface area contributed by atoms with Crippen molar-refractivity contribution in [2.75, 3.05) is 5.32 Å². The Hall–Kier alpha value is -3.61. The van der Waals surface area contributed by atoms with Gasteiger partial charge in [0.25, 0.3) is 5.91 Å². The lowest BCUT2D eigenvalue weighted by atomic mass is 10.1. The highest BCUT2D eigenvalue weighted by Crippen LogP contribution is 2.22. The van der Waals surface area contributed by atoms with Crippen LogP contribution in [0, 0.1) is 5.92 Å². The number of benzene rings is 2. The number of hydrogen-bond donors (Lipinski definition) is 2. The number of nitrogens with one attached hydrogen (secondary N) is 2. The Morgan fingerprint density at radius 3 is 2.61 bits per heavy atom. The average Bonchev–Trinajstić information content (AvgIpc) is 3.23. The molecule has 1 aromatic heterocycles. The maximum absolute atomic E-state index is 12.6. The van der Waals surface area contributed by atoms with Gasteiger partial charge in [-0.2, -0.15) is 0 Å². The van der Waals surface area contributed by atoms with Crippen molar-refractivity contribution in [1.29, 1.82) is 0 Å². The van der Waals surface area contributed by atoms with Gasteiger partial charge in [0.05, 0.1) is 13.0 Å². The normalized spacial score (nSPS) is 16.2. The molecule has 2 heterocycles. The summed E-state index contributed by atoms with van der Waals surface area (Å²) < 4.78 is 2.19. The van der Waals surface area contributed by atoms with E-state index in [4.69, 9.17) is 0 Å². The Morgan fingerprint density at radius 1 is 1.10 bits per heavy atom. The summed E-state index contributed by atoms with van der Waals surface area (Å²) in [5.74, 6) is -0.165. The summed E-state index contributed by atoms with van der Waals surface area (Å²) in [5.41, 5.74) is 2.63. The summed E-state index contributed by atoms with van der Waals surface area (Å²) in [6.45, 7) is 5.46. The van der Waals surface area contributed by atoms with Gasteiger partial charge in [-0.3, -0.25) is 14.5 Å². The molecular weight excluding hydrogens is 392 g/mol. The van der Waals surface area contributed by atoms with E-state index in [1.165, 1.54) is 0 Å². The second-order valence-electron chi connectivity index (χ2n) is 8.30. The molecule has 7 heteroatoms. The molecule has 1 saturated heterocycles. The number of nitrogens with zero attached hydrogens (tertiary/aromatic N) is 2. The zero-order valence-electron chi connectivity index (χ0n) is 17.7. The molecule has 1 fully saturated rings. The van der Waals surface area contributed by atoms with Gasteiger partial charge in [-0.15, -0.1) is 0 Å². The molecule has 0 radical (unpaired) electrons. The van der Waals surface area contributed by atoms with Crippen LogP contribution in [0.4, 0.5) is 10.5 Å². The van der Waals surface area contributed by atoms with Crippen molar-refractivity contribution >= 4 is 34.4 Å². The largest absolute Gasteiger partial charge is 0.347 e. The van der Waals surface area contributed by atoms with Crippen LogP contribution >= 0.6 is 0 Å². The molecule has 7 nitrogen and oxygen atoms in total. The molecule has 4 amide bonds. The SMILES string of the molecule is CC(C)Cn1ccc2cc(NC(=O)CC3NC(=O)N(Cc4ccccc4)C3=O)ccc21. The monoisotopic (exact) mass is 418 g/mol. The molecule has 1 aliphatic heterocycles. The smallest absolute Gasteiger partial charge is 0.325 e. The quantitative estimate of drug-likeness (QED) is 0.573. The topological polar surface area (TPSA) is 83.4 Å². The average molecular weight is 418 g/mol. The standard InChI is InChI=1S/C24H26N4O3/c1-16(2)14-27-11-10-18-12-19(8-9-21(18)27)25-22(29)13-20-23(30)28(24(31)26-20)15-17-6-4-3-5-7-17/h3-12,16,20H,13-15H2,1-2H3,(H,25,29)(H,26,31). The second-order valence-corrected chi connectivity index (χ2v) is 8.30. The van der Waals surface area contributed by atoms with E-state index in [9.17, 15) is 14.4 Å². The molecule has 0 aliphatic carbocycles. The van der Waals surface area contributed by atoms with Gasteiger partial charge in [0.1, 0.15) is 6.04 Å². The Labute approximate surface area is 181 Å². The summed E-state index contributed by atoms with van der Waals surface area (Å²) in [7, 11) is 0. The highest BCUT2D eigenvalue weighted by atomic mass is 16.2. The first-order chi connectivity index (χ1) is 14.9. The number of hydrogen-bond acceptors (Lipinski definition) is 3. The van der Waals surface area contributed by atoms with E-state index in [-0.39, 0.29) is 24.8 Å². The number of fused-ring (bicyclic) bond motifs is 1. The van der Waals surface area contributed by atoms with E-state index in [2.05, 4.69) is 29.0 Å². The van der Waals surface area contributed by atoms with Gasteiger partial charge in [0.2, 0.25) is 5.91 Å². The minimum Gasteiger partial charge on any atom is -0.347 e. The van der Waals surface area contributed by atoms with Crippen molar-refractivity contribution in [2.45, 2.75) is 39.4 Å². The summed E-state index contributed by atoms with van der Waals surface area (Å²) in [6.07, 6.45) is 1.94. The fourth-order valence-electron chi connectivity index (χ4n) is 3.86. The van der Waals surface area contributed by atoms with Crippen LogP contribution in [-0.4, -0.2) is 33.4 Å². The molecule has 3 aromatic rings. The van der Waals surface area contributed by atoms with Crippen LogP contribution in [0.2, 0.25) is 0 Å². The predicted octanol–water partition coefficient (Wildman–Crippen LogP) is 3.75. The van der Waals surface area contributed by atoms with Crippen LogP contribution in [0.3, 0.4) is 0 Å². The molecule has 2 aromatic carbocycles. The fraction of sp³-hybridized carbons (Fsp3) is 0.292. The maximum atomic E-state index is 12.6. The Morgan fingerprint density at radius 2 is 1.87 bits per heavy atom. The van der Waals surface area contributed by atoms with Gasteiger partial charge in [0.15, 0.2) is 0 Å². The minimum absolute atomic E-state index is 0.109. The number of rotatable bonds is 7. The first-order valence-corrected chi connectivity index (χ1v) is 10.5. The van der Waals surface area contributed by atoms with Crippen molar-refractivity contribution in [3.8, 4) is 0 Å². The van der Waals surface area contributed by atoms with E-state index >= 15 is 0 Å². The molecule has 1 atom stereocenters. The van der Waals surface area contributed by atoms with E-state index in [0.717, 1.165) is 27.9 Å². The van der Waals surface area contributed by atoms with Gasteiger partial charge >= 0.3 is 6.03 Å². The number of carbonyl (C=O) groups excluding carboxylic acids is 3. The van der Waals surface area contributed by atoms with E-state index in [1.807, 2.05) is 60.8 Å². The number of anilines is 1. The van der Waals surface area contributed by atoms with Gasteiger partial charge < -0.3 is 15.2 Å². The van der Waals surface area contributed by atoms with Gasteiger partial charge in [-0.1, -0.05) is 44.2 Å². The van der Waals surface area contributed by atoms with Crippen molar-refractivity contribution in [1.82, 2.24) is 14.8 Å². The van der Waals surface area contributed by atoms with Crippen LogP contribution < -0.4 is 10.6 Å². The van der Waals surface area contributed by atoms with Crippen molar-refractivity contribution < 1.29 is 14.4 Å². The summed E-state index contributed by atoms with van der Waals surface area (Å²) in [6, 6.07) is 15.7. The molecule has 31 heavy (non-hydrogen) atoms. The van der Waals surface area contributed by atoms with E-state index in [1.54, 1.807) is 0 Å². The van der Waals surface area contributed by atoms with Crippen LogP contribution in [0.15, 0.2) is 60.8 Å². The van der Waals surface area contributed by atoms with Crippen LogP contribution in [-0.2, 0) is 22.7 Å². The lowest BCUT2D eigenvalue weighted by molar-refractivity contribution is -0.130. The van der Waals surface area contributed by atoms with Gasteiger partial charge in [0, 0.05) is 29.3 Å². The van der Waals surface area contributed by atoms with Crippen LogP contribution in [0.1, 0.15) is 25.8 Å². The Balaban J connectivity index is 1.38. The van der Waals surface area contributed by atoms with Crippen molar-refractivity contribution in [2.24, 2.45) is 5.92 Å². The van der Waals surface area contributed by atoms with Crippen LogP contribution in [0.5, 0.6) is 0 Å². The minimum atomic E-state index is -0.855. The number of amides is 4.